The Morgan fingerprint density at radius 3 is 2.65 bits per heavy atom. The fourth-order valence-corrected chi connectivity index (χ4v) is 4.14. The lowest BCUT2D eigenvalue weighted by Gasteiger charge is -2.34. The van der Waals surface area contributed by atoms with Crippen molar-refractivity contribution in [1.82, 2.24) is 9.80 Å². The summed E-state index contributed by atoms with van der Waals surface area (Å²) < 4.78 is 0. The van der Waals surface area contributed by atoms with Gasteiger partial charge in [0.15, 0.2) is 0 Å². The molecule has 0 aromatic heterocycles. The summed E-state index contributed by atoms with van der Waals surface area (Å²) in [4.78, 5) is 29.3. The van der Waals surface area contributed by atoms with Gasteiger partial charge in [-0.05, 0) is 37.3 Å². The van der Waals surface area contributed by atoms with Gasteiger partial charge in [0.1, 0.15) is 5.70 Å². The molecule has 1 aromatic rings. The van der Waals surface area contributed by atoms with E-state index in [0.717, 1.165) is 12.8 Å². The fraction of sp³-hybridized carbons (Fsp3) is 0.474. The molecule has 0 saturated carbocycles. The number of nitrogens with zero attached hydrogens (tertiary/aromatic N) is 2. The summed E-state index contributed by atoms with van der Waals surface area (Å²) in [5.74, 6) is -0.500. The van der Waals surface area contributed by atoms with E-state index in [1.807, 2.05) is 11.8 Å². The number of hydrogen-bond acceptors (Lipinski definition) is 4. The zero-order chi connectivity index (χ0) is 18.8. The van der Waals surface area contributed by atoms with E-state index in [1.54, 1.807) is 18.2 Å². The third kappa shape index (κ3) is 3.48. The van der Waals surface area contributed by atoms with Crippen LogP contribution >= 0.6 is 23.2 Å². The molecule has 1 aromatic carbocycles. The Labute approximate surface area is 163 Å². The van der Waals surface area contributed by atoms with Crippen LogP contribution in [0.5, 0.6) is 0 Å². The van der Waals surface area contributed by atoms with Crippen molar-refractivity contribution >= 4 is 40.6 Å². The van der Waals surface area contributed by atoms with Crippen LogP contribution in [0.15, 0.2) is 23.9 Å². The second-order valence-electron chi connectivity index (χ2n) is 6.75. The molecule has 0 spiro atoms. The van der Waals surface area contributed by atoms with Crippen LogP contribution in [-0.2, 0) is 9.59 Å². The van der Waals surface area contributed by atoms with Crippen LogP contribution in [0.3, 0.4) is 0 Å². The zero-order valence-electron chi connectivity index (χ0n) is 14.7. The highest BCUT2D eigenvalue weighted by atomic mass is 35.5. The molecule has 3 rings (SSSR count). The van der Waals surface area contributed by atoms with Crippen molar-refractivity contribution in [1.29, 1.82) is 0 Å². The van der Waals surface area contributed by atoms with Crippen molar-refractivity contribution in [3.8, 4) is 0 Å². The number of halogens is 2. The molecule has 2 aliphatic heterocycles. The number of carbonyl (C=O) groups is 2. The van der Waals surface area contributed by atoms with Gasteiger partial charge in [0.2, 0.25) is 0 Å². The van der Waals surface area contributed by atoms with Crippen LogP contribution in [0.2, 0.25) is 10.0 Å². The van der Waals surface area contributed by atoms with Crippen molar-refractivity contribution in [2.75, 3.05) is 26.2 Å². The number of aliphatic hydroxyl groups excluding tert-OH is 1. The fourth-order valence-electron chi connectivity index (χ4n) is 3.64. The van der Waals surface area contributed by atoms with E-state index in [2.05, 4.69) is 0 Å². The smallest absolute Gasteiger partial charge is 0.277 e. The molecule has 140 valence electrons. The van der Waals surface area contributed by atoms with Gasteiger partial charge in [-0.25, -0.2) is 0 Å². The quantitative estimate of drug-likeness (QED) is 0.776. The van der Waals surface area contributed by atoms with E-state index >= 15 is 0 Å². The molecular weight excluding hydrogens is 375 g/mol. The number of imide groups is 1. The second-order valence-corrected chi connectivity index (χ2v) is 7.59. The van der Waals surface area contributed by atoms with Gasteiger partial charge in [-0.3, -0.25) is 14.5 Å². The summed E-state index contributed by atoms with van der Waals surface area (Å²) in [6.07, 6.45) is 2.47. The van der Waals surface area contributed by atoms with Crippen LogP contribution < -0.4 is 0 Å². The zero-order valence-corrected chi connectivity index (χ0v) is 16.2. The third-order valence-electron chi connectivity index (χ3n) is 4.88. The third-order valence-corrected chi connectivity index (χ3v) is 5.43. The largest absolute Gasteiger partial charge is 0.396 e. The highest BCUT2D eigenvalue weighted by Gasteiger charge is 2.42. The van der Waals surface area contributed by atoms with Crippen molar-refractivity contribution in [3.05, 3.63) is 39.5 Å². The van der Waals surface area contributed by atoms with E-state index < -0.39 is 0 Å². The standard InChI is InChI=1S/C19H22Cl2N2O3/c1-2-7-23-18(25)16(14-6-5-13(20)9-15(14)21)17(19(23)26)22-8-3-4-12(10-22)11-24/h5-6,9,12,24H,2-4,7-8,10-11H2,1H3. The molecule has 0 radical (unpaired) electrons. The molecule has 1 fully saturated rings. The summed E-state index contributed by atoms with van der Waals surface area (Å²) in [5, 5.41) is 10.3. The summed E-state index contributed by atoms with van der Waals surface area (Å²) in [6, 6.07) is 4.94. The first kappa shape index (κ1) is 19.2. The molecule has 2 heterocycles. The van der Waals surface area contributed by atoms with Gasteiger partial charge in [-0.15, -0.1) is 0 Å². The van der Waals surface area contributed by atoms with Crippen molar-refractivity contribution in [2.24, 2.45) is 5.92 Å². The van der Waals surface area contributed by atoms with Crippen LogP contribution in [0.4, 0.5) is 0 Å². The van der Waals surface area contributed by atoms with Crippen LogP contribution in [0.25, 0.3) is 5.57 Å². The Hall–Kier alpha value is -1.56. The summed E-state index contributed by atoms with van der Waals surface area (Å²) in [7, 11) is 0. The maximum absolute atomic E-state index is 13.0. The topological polar surface area (TPSA) is 60.9 Å². The van der Waals surface area contributed by atoms with Gasteiger partial charge in [0, 0.05) is 36.8 Å². The first-order chi connectivity index (χ1) is 12.5. The highest BCUT2D eigenvalue weighted by molar-refractivity contribution is 6.41. The SMILES string of the molecule is CCCN1C(=O)C(c2ccc(Cl)cc2Cl)=C(N2CCCC(CO)C2)C1=O. The number of hydrogen-bond donors (Lipinski definition) is 1. The van der Waals surface area contributed by atoms with Gasteiger partial charge in [0.05, 0.1) is 10.6 Å². The number of benzene rings is 1. The summed E-state index contributed by atoms with van der Waals surface area (Å²) >= 11 is 12.3. The molecule has 1 atom stereocenters. The van der Waals surface area contributed by atoms with Gasteiger partial charge in [-0.2, -0.15) is 0 Å². The maximum atomic E-state index is 13.0. The predicted octanol–water partition coefficient (Wildman–Crippen LogP) is 3.19. The van der Waals surface area contributed by atoms with E-state index in [4.69, 9.17) is 23.2 Å². The Bertz CT molecular complexity index is 763. The van der Waals surface area contributed by atoms with E-state index in [9.17, 15) is 14.7 Å². The monoisotopic (exact) mass is 396 g/mol. The molecule has 0 aliphatic carbocycles. The second kappa shape index (κ2) is 7.99. The Kier molecular flexibility index (Phi) is 5.90. The number of carbonyl (C=O) groups excluding carboxylic acids is 2. The number of rotatable bonds is 5. The number of aliphatic hydroxyl groups is 1. The lowest BCUT2D eigenvalue weighted by molar-refractivity contribution is -0.137. The predicted molar refractivity (Wildman–Crippen MR) is 102 cm³/mol. The Morgan fingerprint density at radius 2 is 2.00 bits per heavy atom. The molecule has 1 unspecified atom stereocenters. The highest BCUT2D eigenvalue weighted by Crippen LogP contribution is 2.37. The van der Waals surface area contributed by atoms with Gasteiger partial charge in [-0.1, -0.05) is 36.2 Å². The summed E-state index contributed by atoms with van der Waals surface area (Å²) in [5.41, 5.74) is 1.25. The Balaban J connectivity index is 2.10. The maximum Gasteiger partial charge on any atom is 0.277 e. The normalized spacial score (nSPS) is 21.2. The van der Waals surface area contributed by atoms with Gasteiger partial charge >= 0.3 is 0 Å². The van der Waals surface area contributed by atoms with Crippen molar-refractivity contribution < 1.29 is 14.7 Å². The minimum atomic E-state index is -0.317. The molecular formula is C19H22Cl2N2O3. The molecule has 0 bridgehead atoms. The Morgan fingerprint density at radius 1 is 1.23 bits per heavy atom. The van der Waals surface area contributed by atoms with Crippen molar-refractivity contribution in [3.63, 3.8) is 0 Å². The molecule has 1 N–H and O–H groups in total. The van der Waals surface area contributed by atoms with Crippen LogP contribution in [0.1, 0.15) is 31.7 Å². The molecule has 5 nitrogen and oxygen atoms in total. The van der Waals surface area contributed by atoms with E-state index in [-0.39, 0.29) is 24.3 Å². The first-order valence-corrected chi connectivity index (χ1v) is 9.65. The minimum absolute atomic E-state index is 0.0711. The van der Waals surface area contributed by atoms with Crippen molar-refractivity contribution in [2.45, 2.75) is 26.2 Å². The number of piperidine rings is 1. The average molecular weight is 397 g/mol. The van der Waals surface area contributed by atoms with E-state index in [0.29, 0.717) is 52.9 Å². The molecule has 26 heavy (non-hydrogen) atoms. The molecule has 7 heteroatoms. The number of amides is 2. The molecule has 1 saturated heterocycles. The summed E-state index contributed by atoms with van der Waals surface area (Å²) in [6.45, 7) is 3.60. The van der Waals surface area contributed by atoms with E-state index in [1.165, 1.54) is 4.90 Å². The molecule has 2 aliphatic rings. The van der Waals surface area contributed by atoms with Crippen LogP contribution in [0, 0.1) is 5.92 Å². The lowest BCUT2D eigenvalue weighted by Crippen LogP contribution is -2.40. The lowest BCUT2D eigenvalue weighted by atomic mass is 9.97. The van der Waals surface area contributed by atoms with Crippen LogP contribution in [-0.4, -0.2) is 53.0 Å². The number of likely N-dealkylation sites (tertiary alicyclic amines) is 1. The van der Waals surface area contributed by atoms with Gasteiger partial charge in [0.25, 0.3) is 11.8 Å². The minimum Gasteiger partial charge on any atom is -0.396 e. The molecule has 2 amide bonds. The first-order valence-electron chi connectivity index (χ1n) is 8.89. The van der Waals surface area contributed by atoms with Gasteiger partial charge < -0.3 is 10.0 Å². The average Bonchev–Trinajstić information content (AvgIpc) is 2.87.